The van der Waals surface area contributed by atoms with Crippen LogP contribution in [0, 0.1) is 0 Å². The fraction of sp³-hybridized carbons (Fsp3) is 0.200. The predicted molar refractivity (Wildman–Crippen MR) is 124 cm³/mol. The summed E-state index contributed by atoms with van der Waals surface area (Å²) in [6.45, 7) is 0.364. The lowest BCUT2D eigenvalue weighted by atomic mass is 10.2. The van der Waals surface area contributed by atoms with Crippen LogP contribution in [-0.4, -0.2) is 38.9 Å². The molecule has 0 bridgehead atoms. The van der Waals surface area contributed by atoms with Gasteiger partial charge in [0.15, 0.2) is 5.16 Å². The van der Waals surface area contributed by atoms with Crippen LogP contribution in [0.2, 0.25) is 15.1 Å². The number of aromatic nitrogens is 3. The monoisotopic (exact) mass is 497 g/mol. The van der Waals surface area contributed by atoms with Gasteiger partial charge in [0.05, 0.1) is 26.5 Å². The van der Waals surface area contributed by atoms with Gasteiger partial charge >= 0.3 is 0 Å². The zero-order valence-electron chi connectivity index (χ0n) is 16.4. The molecule has 3 rings (SSSR count). The zero-order chi connectivity index (χ0) is 22.4. The Morgan fingerprint density at radius 3 is 2.55 bits per heavy atom. The van der Waals surface area contributed by atoms with E-state index in [1.54, 1.807) is 41.0 Å². The Morgan fingerprint density at radius 2 is 1.81 bits per heavy atom. The number of carbonyl (C=O) groups is 2. The highest BCUT2D eigenvalue weighted by atomic mass is 35.5. The highest BCUT2D eigenvalue weighted by molar-refractivity contribution is 7.99. The summed E-state index contributed by atoms with van der Waals surface area (Å²) in [5.74, 6) is 0.386. The number of rotatable bonds is 8. The molecular weight excluding hydrogens is 481 g/mol. The number of hydrogen-bond donors (Lipinski definition) is 2. The molecule has 162 valence electrons. The number of nitrogens with zero attached hydrogens (tertiary/aromatic N) is 3. The van der Waals surface area contributed by atoms with Crippen molar-refractivity contribution >= 4 is 64.1 Å². The Hall–Kier alpha value is -2.26. The van der Waals surface area contributed by atoms with Crippen LogP contribution >= 0.6 is 46.6 Å². The SMILES string of the molecule is Cn1c(CCNC(=O)c2ccc(Cl)c(Cl)c2)nnc1SCC(=O)Nc1ccccc1Cl. The molecule has 2 N–H and O–H groups in total. The Balaban J connectivity index is 1.48. The molecule has 0 aliphatic heterocycles. The second kappa shape index (κ2) is 10.9. The second-order valence-corrected chi connectivity index (χ2v) is 8.57. The first-order valence-corrected chi connectivity index (χ1v) is 11.3. The molecule has 2 amide bonds. The molecule has 31 heavy (non-hydrogen) atoms. The van der Waals surface area contributed by atoms with Gasteiger partial charge in [0.1, 0.15) is 5.82 Å². The lowest BCUT2D eigenvalue weighted by molar-refractivity contribution is -0.113. The molecule has 0 fully saturated rings. The van der Waals surface area contributed by atoms with Gasteiger partial charge in [-0.2, -0.15) is 0 Å². The van der Waals surface area contributed by atoms with Gasteiger partial charge < -0.3 is 15.2 Å². The van der Waals surface area contributed by atoms with Crippen LogP contribution in [0.4, 0.5) is 5.69 Å². The third kappa shape index (κ3) is 6.36. The predicted octanol–water partition coefficient (Wildman–Crippen LogP) is 4.48. The number of carbonyl (C=O) groups excluding carboxylic acids is 2. The van der Waals surface area contributed by atoms with Crippen molar-refractivity contribution in [2.45, 2.75) is 11.6 Å². The number of anilines is 1. The van der Waals surface area contributed by atoms with E-state index < -0.39 is 0 Å². The molecule has 0 aliphatic carbocycles. The van der Waals surface area contributed by atoms with Gasteiger partial charge in [0, 0.05) is 25.6 Å². The minimum Gasteiger partial charge on any atom is -0.352 e. The average molecular weight is 499 g/mol. The fourth-order valence-electron chi connectivity index (χ4n) is 2.59. The van der Waals surface area contributed by atoms with Crippen molar-refractivity contribution in [2.24, 2.45) is 7.05 Å². The molecule has 0 atom stereocenters. The van der Waals surface area contributed by atoms with Crippen LogP contribution in [-0.2, 0) is 18.3 Å². The van der Waals surface area contributed by atoms with E-state index in [4.69, 9.17) is 34.8 Å². The number of halogens is 3. The molecule has 1 heterocycles. The minimum atomic E-state index is -0.258. The molecule has 0 unspecified atom stereocenters. The van der Waals surface area contributed by atoms with Gasteiger partial charge in [-0.1, -0.05) is 58.7 Å². The third-order valence-electron chi connectivity index (χ3n) is 4.22. The Labute approximate surface area is 198 Å². The number of thioether (sulfide) groups is 1. The van der Waals surface area contributed by atoms with E-state index in [0.717, 1.165) is 0 Å². The lowest BCUT2D eigenvalue weighted by Gasteiger charge is -2.08. The molecule has 0 aliphatic rings. The van der Waals surface area contributed by atoms with Crippen molar-refractivity contribution in [3.05, 3.63) is 68.9 Å². The summed E-state index contributed by atoms with van der Waals surface area (Å²) < 4.78 is 1.79. The number of amides is 2. The van der Waals surface area contributed by atoms with E-state index in [0.29, 0.717) is 50.3 Å². The number of benzene rings is 2. The maximum atomic E-state index is 12.2. The molecule has 11 heteroatoms. The topological polar surface area (TPSA) is 88.9 Å². The van der Waals surface area contributed by atoms with E-state index in [9.17, 15) is 9.59 Å². The van der Waals surface area contributed by atoms with E-state index >= 15 is 0 Å². The number of para-hydroxylation sites is 1. The van der Waals surface area contributed by atoms with Crippen LogP contribution in [0.3, 0.4) is 0 Å². The van der Waals surface area contributed by atoms with Crippen molar-refractivity contribution in [3.63, 3.8) is 0 Å². The summed E-state index contributed by atoms with van der Waals surface area (Å²) in [4.78, 5) is 24.4. The Bertz CT molecular complexity index is 1110. The Morgan fingerprint density at radius 1 is 1.03 bits per heavy atom. The summed E-state index contributed by atoms with van der Waals surface area (Å²) in [5, 5.41) is 15.6. The van der Waals surface area contributed by atoms with Crippen molar-refractivity contribution in [2.75, 3.05) is 17.6 Å². The van der Waals surface area contributed by atoms with Crippen LogP contribution in [0.5, 0.6) is 0 Å². The molecule has 0 saturated carbocycles. The van der Waals surface area contributed by atoms with Crippen LogP contribution in [0.25, 0.3) is 0 Å². The standard InChI is InChI=1S/C20H18Cl3N5O2S/c1-28-17(8-9-24-19(30)12-6-7-13(21)15(23)10-12)26-27-20(28)31-11-18(29)25-16-5-3-2-4-14(16)22/h2-7,10H,8-9,11H2,1H3,(H,24,30)(H,25,29). The highest BCUT2D eigenvalue weighted by Gasteiger charge is 2.13. The molecule has 2 aromatic carbocycles. The summed E-state index contributed by atoms with van der Waals surface area (Å²) in [5.41, 5.74) is 0.985. The first-order valence-electron chi connectivity index (χ1n) is 9.14. The van der Waals surface area contributed by atoms with Crippen molar-refractivity contribution < 1.29 is 9.59 Å². The molecule has 3 aromatic rings. The van der Waals surface area contributed by atoms with Gasteiger partial charge in [-0.25, -0.2) is 0 Å². The quantitative estimate of drug-likeness (QED) is 0.447. The van der Waals surface area contributed by atoms with Gasteiger partial charge in [-0.05, 0) is 30.3 Å². The van der Waals surface area contributed by atoms with Gasteiger partial charge in [0.25, 0.3) is 5.91 Å². The first kappa shape index (κ1) is 23.4. The summed E-state index contributed by atoms with van der Waals surface area (Å²) >= 11 is 19.1. The van der Waals surface area contributed by atoms with E-state index in [-0.39, 0.29) is 17.6 Å². The van der Waals surface area contributed by atoms with E-state index in [1.807, 2.05) is 7.05 Å². The lowest BCUT2D eigenvalue weighted by Crippen LogP contribution is -2.26. The number of hydrogen-bond acceptors (Lipinski definition) is 5. The van der Waals surface area contributed by atoms with Crippen LogP contribution in [0.15, 0.2) is 47.6 Å². The molecular formula is C20H18Cl3N5O2S. The van der Waals surface area contributed by atoms with Gasteiger partial charge in [-0.3, -0.25) is 9.59 Å². The highest BCUT2D eigenvalue weighted by Crippen LogP contribution is 2.23. The normalized spacial score (nSPS) is 10.7. The zero-order valence-corrected chi connectivity index (χ0v) is 19.4. The van der Waals surface area contributed by atoms with Crippen LogP contribution < -0.4 is 10.6 Å². The molecule has 0 radical (unpaired) electrons. The molecule has 7 nitrogen and oxygen atoms in total. The third-order valence-corrected chi connectivity index (χ3v) is 6.31. The summed E-state index contributed by atoms with van der Waals surface area (Å²) in [6.07, 6.45) is 0.475. The maximum absolute atomic E-state index is 12.2. The molecule has 1 aromatic heterocycles. The van der Waals surface area contributed by atoms with Crippen LogP contribution in [0.1, 0.15) is 16.2 Å². The van der Waals surface area contributed by atoms with E-state index in [2.05, 4.69) is 20.8 Å². The number of nitrogens with one attached hydrogen (secondary N) is 2. The average Bonchev–Trinajstić information content (AvgIpc) is 3.09. The molecule has 0 spiro atoms. The van der Waals surface area contributed by atoms with Crippen molar-refractivity contribution in [1.82, 2.24) is 20.1 Å². The summed E-state index contributed by atoms with van der Waals surface area (Å²) in [7, 11) is 1.81. The largest absolute Gasteiger partial charge is 0.352 e. The van der Waals surface area contributed by atoms with Gasteiger partial charge in [-0.15, -0.1) is 10.2 Å². The smallest absolute Gasteiger partial charge is 0.251 e. The Kier molecular flexibility index (Phi) is 8.20. The summed E-state index contributed by atoms with van der Waals surface area (Å²) in [6, 6.07) is 11.7. The van der Waals surface area contributed by atoms with E-state index in [1.165, 1.54) is 17.8 Å². The fourth-order valence-corrected chi connectivity index (χ4v) is 3.81. The molecule has 0 saturated heterocycles. The maximum Gasteiger partial charge on any atom is 0.251 e. The van der Waals surface area contributed by atoms with Crippen molar-refractivity contribution in [3.8, 4) is 0 Å². The second-order valence-electron chi connectivity index (χ2n) is 6.41. The van der Waals surface area contributed by atoms with Crippen molar-refractivity contribution in [1.29, 1.82) is 0 Å². The first-order chi connectivity index (χ1) is 14.8. The van der Waals surface area contributed by atoms with Gasteiger partial charge in [0.2, 0.25) is 5.91 Å². The minimum absolute atomic E-state index is 0.158.